The average Bonchev–Trinajstić information content (AvgIpc) is 2.20. The van der Waals surface area contributed by atoms with Gasteiger partial charge in [0.2, 0.25) is 0 Å². The number of benzene rings is 1. The van der Waals surface area contributed by atoms with Crippen LogP contribution >= 0.6 is 0 Å². The number of aliphatic carboxylic acids is 1. The molecule has 0 atom stereocenters. The third kappa shape index (κ3) is 4.61. The van der Waals surface area contributed by atoms with Crippen molar-refractivity contribution in [2.45, 2.75) is 26.4 Å². The van der Waals surface area contributed by atoms with E-state index in [4.69, 9.17) is 9.84 Å². The molecule has 0 unspecified atom stereocenters. The molecule has 3 nitrogen and oxygen atoms in total. The van der Waals surface area contributed by atoms with Gasteiger partial charge in [-0.25, -0.2) is 0 Å². The molecule has 0 saturated carbocycles. The van der Waals surface area contributed by atoms with Crippen LogP contribution in [0, 0.1) is 6.92 Å². The van der Waals surface area contributed by atoms with Crippen molar-refractivity contribution in [1.82, 2.24) is 0 Å². The van der Waals surface area contributed by atoms with Gasteiger partial charge in [0, 0.05) is 13.0 Å². The molecule has 0 aromatic heterocycles. The Hall–Kier alpha value is -1.35. The van der Waals surface area contributed by atoms with Gasteiger partial charge >= 0.3 is 5.97 Å². The van der Waals surface area contributed by atoms with Crippen molar-refractivity contribution in [2.24, 2.45) is 0 Å². The van der Waals surface area contributed by atoms with Gasteiger partial charge in [-0.3, -0.25) is 4.79 Å². The predicted molar refractivity (Wildman–Crippen MR) is 57.7 cm³/mol. The fourth-order valence-corrected chi connectivity index (χ4v) is 1.28. The fourth-order valence-electron chi connectivity index (χ4n) is 1.28. The second-order valence-electron chi connectivity index (χ2n) is 3.48. The third-order valence-corrected chi connectivity index (χ3v) is 2.20. The lowest BCUT2D eigenvalue weighted by Crippen LogP contribution is -2.01. The standard InChI is InChI=1S/C12H16O3/c1-10-5-2-3-6-11(10)9-15-8-4-7-12(13)14/h2-3,5-6H,4,7-9H2,1H3,(H,13,14). The van der Waals surface area contributed by atoms with E-state index in [9.17, 15) is 4.79 Å². The molecular weight excluding hydrogens is 192 g/mol. The van der Waals surface area contributed by atoms with Crippen LogP contribution < -0.4 is 0 Å². The molecule has 15 heavy (non-hydrogen) atoms. The van der Waals surface area contributed by atoms with Crippen molar-refractivity contribution in [2.75, 3.05) is 6.61 Å². The summed E-state index contributed by atoms with van der Waals surface area (Å²) in [5.74, 6) is -0.769. The number of carboxylic acids is 1. The lowest BCUT2D eigenvalue weighted by Gasteiger charge is -2.06. The minimum absolute atomic E-state index is 0.174. The van der Waals surface area contributed by atoms with Crippen molar-refractivity contribution in [1.29, 1.82) is 0 Å². The van der Waals surface area contributed by atoms with Crippen LogP contribution in [-0.2, 0) is 16.1 Å². The number of aryl methyl sites for hydroxylation is 1. The molecule has 0 amide bonds. The van der Waals surface area contributed by atoms with E-state index in [1.165, 1.54) is 5.56 Å². The molecule has 0 radical (unpaired) electrons. The molecule has 0 aliphatic rings. The number of carboxylic acid groups (broad SMARTS) is 1. The Morgan fingerprint density at radius 3 is 2.80 bits per heavy atom. The van der Waals surface area contributed by atoms with Gasteiger partial charge in [0.15, 0.2) is 0 Å². The summed E-state index contributed by atoms with van der Waals surface area (Å²) < 4.78 is 5.39. The predicted octanol–water partition coefficient (Wildman–Crippen LogP) is 2.38. The highest BCUT2D eigenvalue weighted by Crippen LogP contribution is 2.08. The van der Waals surface area contributed by atoms with Crippen molar-refractivity contribution < 1.29 is 14.6 Å². The maximum atomic E-state index is 10.2. The minimum Gasteiger partial charge on any atom is -0.481 e. The minimum atomic E-state index is -0.769. The van der Waals surface area contributed by atoms with Gasteiger partial charge in [-0.2, -0.15) is 0 Å². The van der Waals surface area contributed by atoms with Crippen molar-refractivity contribution in [3.63, 3.8) is 0 Å². The number of carbonyl (C=O) groups is 1. The summed E-state index contributed by atoms with van der Waals surface area (Å²) in [5.41, 5.74) is 2.36. The molecule has 1 rings (SSSR count). The molecule has 0 aliphatic heterocycles. The zero-order valence-electron chi connectivity index (χ0n) is 8.90. The topological polar surface area (TPSA) is 46.5 Å². The van der Waals surface area contributed by atoms with Gasteiger partial charge in [-0.15, -0.1) is 0 Å². The zero-order valence-corrected chi connectivity index (χ0v) is 8.90. The molecule has 0 aliphatic carbocycles. The smallest absolute Gasteiger partial charge is 0.303 e. The maximum absolute atomic E-state index is 10.2. The monoisotopic (exact) mass is 208 g/mol. The summed E-state index contributed by atoms with van der Waals surface area (Å²) in [6.07, 6.45) is 0.745. The Kier molecular flexibility index (Phi) is 4.84. The van der Waals surface area contributed by atoms with Gasteiger partial charge in [0.1, 0.15) is 0 Å². The first-order chi connectivity index (χ1) is 7.20. The van der Waals surface area contributed by atoms with Crippen LogP contribution in [0.2, 0.25) is 0 Å². The average molecular weight is 208 g/mol. The first-order valence-corrected chi connectivity index (χ1v) is 5.04. The SMILES string of the molecule is Cc1ccccc1COCCCC(=O)O. The quantitative estimate of drug-likeness (QED) is 0.730. The van der Waals surface area contributed by atoms with Crippen molar-refractivity contribution >= 4 is 5.97 Å². The lowest BCUT2D eigenvalue weighted by molar-refractivity contribution is -0.137. The Balaban J connectivity index is 2.21. The number of ether oxygens (including phenoxy) is 1. The Bertz CT molecular complexity index is 320. The van der Waals surface area contributed by atoms with Crippen LogP contribution in [0.15, 0.2) is 24.3 Å². The highest BCUT2D eigenvalue weighted by atomic mass is 16.5. The molecule has 1 aromatic carbocycles. The molecule has 1 N–H and O–H groups in total. The van der Waals surface area contributed by atoms with Crippen molar-refractivity contribution in [3.8, 4) is 0 Å². The summed E-state index contributed by atoms with van der Waals surface area (Å²) in [5, 5.41) is 8.42. The molecule has 0 fully saturated rings. The van der Waals surface area contributed by atoms with Gasteiger partial charge in [-0.1, -0.05) is 24.3 Å². The molecule has 1 aromatic rings. The normalized spacial score (nSPS) is 10.2. The van der Waals surface area contributed by atoms with E-state index in [0.717, 1.165) is 5.56 Å². The second kappa shape index (κ2) is 6.19. The van der Waals surface area contributed by atoms with Gasteiger partial charge in [0.05, 0.1) is 6.61 Å². The van der Waals surface area contributed by atoms with E-state index in [-0.39, 0.29) is 6.42 Å². The Labute approximate surface area is 89.7 Å². The Morgan fingerprint density at radius 2 is 2.13 bits per heavy atom. The van der Waals surface area contributed by atoms with E-state index < -0.39 is 5.97 Å². The maximum Gasteiger partial charge on any atom is 0.303 e. The first kappa shape index (κ1) is 11.7. The fraction of sp³-hybridized carbons (Fsp3) is 0.417. The third-order valence-electron chi connectivity index (χ3n) is 2.20. The second-order valence-corrected chi connectivity index (χ2v) is 3.48. The highest BCUT2D eigenvalue weighted by molar-refractivity contribution is 5.66. The largest absolute Gasteiger partial charge is 0.481 e. The summed E-state index contributed by atoms with van der Waals surface area (Å²) in [6.45, 7) is 3.10. The highest BCUT2D eigenvalue weighted by Gasteiger charge is 1.98. The summed E-state index contributed by atoms with van der Waals surface area (Å²) in [4.78, 5) is 10.2. The number of hydrogen-bond donors (Lipinski definition) is 1. The van der Waals surface area contributed by atoms with Crippen LogP contribution in [0.5, 0.6) is 0 Å². The Morgan fingerprint density at radius 1 is 1.40 bits per heavy atom. The molecule has 0 bridgehead atoms. The van der Waals surface area contributed by atoms with E-state index in [1.807, 2.05) is 31.2 Å². The molecule has 3 heteroatoms. The summed E-state index contributed by atoms with van der Waals surface area (Å²) in [6, 6.07) is 8.02. The van der Waals surface area contributed by atoms with Crippen LogP contribution in [0.4, 0.5) is 0 Å². The molecule has 82 valence electrons. The molecular formula is C12H16O3. The lowest BCUT2D eigenvalue weighted by atomic mass is 10.1. The molecule has 0 heterocycles. The molecule has 0 spiro atoms. The van der Waals surface area contributed by atoms with E-state index in [2.05, 4.69) is 0 Å². The van der Waals surface area contributed by atoms with E-state index >= 15 is 0 Å². The van der Waals surface area contributed by atoms with Crippen LogP contribution in [0.1, 0.15) is 24.0 Å². The van der Waals surface area contributed by atoms with Crippen molar-refractivity contribution in [3.05, 3.63) is 35.4 Å². The van der Waals surface area contributed by atoms with Gasteiger partial charge in [0.25, 0.3) is 0 Å². The van der Waals surface area contributed by atoms with Crippen LogP contribution in [0.25, 0.3) is 0 Å². The molecule has 0 saturated heterocycles. The van der Waals surface area contributed by atoms with E-state index in [0.29, 0.717) is 19.6 Å². The number of rotatable bonds is 6. The van der Waals surface area contributed by atoms with E-state index in [1.54, 1.807) is 0 Å². The van der Waals surface area contributed by atoms with Crippen LogP contribution in [-0.4, -0.2) is 17.7 Å². The first-order valence-electron chi connectivity index (χ1n) is 5.04. The zero-order chi connectivity index (χ0) is 11.1. The van der Waals surface area contributed by atoms with Crippen LogP contribution in [0.3, 0.4) is 0 Å². The van der Waals surface area contributed by atoms with Gasteiger partial charge < -0.3 is 9.84 Å². The van der Waals surface area contributed by atoms with Gasteiger partial charge in [-0.05, 0) is 24.5 Å². The summed E-state index contributed by atoms with van der Waals surface area (Å²) >= 11 is 0. The summed E-state index contributed by atoms with van der Waals surface area (Å²) in [7, 11) is 0. The number of hydrogen-bond acceptors (Lipinski definition) is 2.